The summed E-state index contributed by atoms with van der Waals surface area (Å²) in [4.78, 5) is 2.50. The number of rotatable bonds is 7. The average molecular weight is 377 g/mol. The van der Waals surface area contributed by atoms with E-state index >= 15 is 0 Å². The number of ether oxygens (including phenoxy) is 2. The molecule has 21 heavy (non-hydrogen) atoms. The topological polar surface area (TPSA) is 21.7 Å². The van der Waals surface area contributed by atoms with Gasteiger partial charge in [0.2, 0.25) is 0 Å². The Morgan fingerprint density at radius 3 is 2.52 bits per heavy atom. The molecule has 1 saturated heterocycles. The Kier molecular flexibility index (Phi) is 7.86. The van der Waals surface area contributed by atoms with Crippen LogP contribution >= 0.6 is 27.5 Å². The normalized spacial score (nSPS) is 16.7. The molecule has 0 saturated carbocycles. The molecule has 1 aliphatic rings. The predicted molar refractivity (Wildman–Crippen MR) is 90.4 cm³/mol. The summed E-state index contributed by atoms with van der Waals surface area (Å²) in [6, 6.07) is 5.61. The summed E-state index contributed by atoms with van der Waals surface area (Å²) in [5.74, 6) is 0.705. The molecular weight excluding hydrogens is 354 g/mol. The number of nitrogens with zero attached hydrogens (tertiary/aromatic N) is 1. The first kappa shape index (κ1) is 17.1. The van der Waals surface area contributed by atoms with Crippen molar-refractivity contribution in [2.75, 3.05) is 39.5 Å². The van der Waals surface area contributed by atoms with Crippen LogP contribution in [0.1, 0.15) is 25.7 Å². The zero-order valence-electron chi connectivity index (χ0n) is 12.3. The van der Waals surface area contributed by atoms with E-state index in [0.29, 0.717) is 24.0 Å². The van der Waals surface area contributed by atoms with Gasteiger partial charge in [-0.3, -0.25) is 0 Å². The highest BCUT2D eigenvalue weighted by molar-refractivity contribution is 9.10. The van der Waals surface area contributed by atoms with Crippen LogP contribution in [-0.2, 0) is 4.74 Å². The molecule has 2 rings (SSSR count). The van der Waals surface area contributed by atoms with E-state index in [2.05, 4.69) is 20.8 Å². The molecular formula is C16H23BrClNO2. The third-order valence-electron chi connectivity index (χ3n) is 3.63. The fourth-order valence-corrected chi connectivity index (χ4v) is 3.19. The van der Waals surface area contributed by atoms with Gasteiger partial charge in [0.05, 0.1) is 18.2 Å². The van der Waals surface area contributed by atoms with Crippen molar-refractivity contribution in [3.63, 3.8) is 0 Å². The van der Waals surface area contributed by atoms with Crippen LogP contribution in [0.25, 0.3) is 0 Å². The van der Waals surface area contributed by atoms with E-state index in [4.69, 9.17) is 21.1 Å². The Bertz CT molecular complexity index is 423. The lowest BCUT2D eigenvalue weighted by molar-refractivity contribution is 0.0804. The Morgan fingerprint density at radius 2 is 1.81 bits per heavy atom. The lowest BCUT2D eigenvalue weighted by Crippen LogP contribution is -2.29. The zero-order chi connectivity index (χ0) is 14.9. The maximum Gasteiger partial charge on any atom is 0.138 e. The van der Waals surface area contributed by atoms with Crippen molar-refractivity contribution in [1.29, 1.82) is 0 Å². The molecule has 1 aliphatic heterocycles. The maximum atomic E-state index is 6.08. The van der Waals surface area contributed by atoms with Crippen LogP contribution in [0.5, 0.6) is 5.75 Å². The number of likely N-dealkylation sites (tertiary alicyclic amines) is 1. The van der Waals surface area contributed by atoms with Gasteiger partial charge in [0.25, 0.3) is 0 Å². The molecule has 1 aromatic rings. The van der Waals surface area contributed by atoms with Crippen molar-refractivity contribution in [3.8, 4) is 5.75 Å². The number of hydrogen-bond donors (Lipinski definition) is 0. The third kappa shape index (κ3) is 6.55. The van der Waals surface area contributed by atoms with E-state index in [1.165, 1.54) is 38.8 Å². The first-order valence-electron chi connectivity index (χ1n) is 7.63. The summed E-state index contributed by atoms with van der Waals surface area (Å²) in [7, 11) is 0. The molecule has 0 spiro atoms. The number of benzene rings is 1. The van der Waals surface area contributed by atoms with E-state index in [0.717, 1.165) is 17.6 Å². The van der Waals surface area contributed by atoms with Crippen LogP contribution in [0.2, 0.25) is 5.02 Å². The van der Waals surface area contributed by atoms with Gasteiger partial charge < -0.3 is 14.4 Å². The van der Waals surface area contributed by atoms with Gasteiger partial charge in [0.15, 0.2) is 0 Å². The standard InChI is InChI=1S/C16H23BrClNO2/c17-14-5-6-16(15(18)13-14)21-12-11-20-10-9-19-7-3-1-2-4-8-19/h5-6,13H,1-4,7-12H2. The second-order valence-corrected chi connectivity index (χ2v) is 6.61. The lowest BCUT2D eigenvalue weighted by Gasteiger charge is -2.19. The molecule has 0 atom stereocenters. The number of halogens is 2. The van der Waals surface area contributed by atoms with E-state index in [1.54, 1.807) is 0 Å². The van der Waals surface area contributed by atoms with E-state index in [9.17, 15) is 0 Å². The molecule has 0 N–H and O–H groups in total. The first-order valence-corrected chi connectivity index (χ1v) is 8.81. The predicted octanol–water partition coefficient (Wildman–Crippen LogP) is 4.37. The van der Waals surface area contributed by atoms with Gasteiger partial charge >= 0.3 is 0 Å². The molecule has 1 aromatic carbocycles. The minimum atomic E-state index is 0.529. The van der Waals surface area contributed by atoms with Gasteiger partial charge in [-0.25, -0.2) is 0 Å². The summed E-state index contributed by atoms with van der Waals surface area (Å²) in [5, 5.41) is 0.619. The summed E-state index contributed by atoms with van der Waals surface area (Å²) < 4.78 is 12.2. The Morgan fingerprint density at radius 1 is 1.05 bits per heavy atom. The summed E-state index contributed by atoms with van der Waals surface area (Å²) >= 11 is 9.46. The van der Waals surface area contributed by atoms with Crippen LogP contribution in [0, 0.1) is 0 Å². The molecule has 0 radical (unpaired) electrons. The third-order valence-corrected chi connectivity index (χ3v) is 4.42. The second-order valence-electron chi connectivity index (χ2n) is 5.29. The minimum absolute atomic E-state index is 0.529. The van der Waals surface area contributed by atoms with Crippen molar-refractivity contribution >= 4 is 27.5 Å². The fourth-order valence-electron chi connectivity index (χ4n) is 2.46. The molecule has 0 bridgehead atoms. The molecule has 0 aliphatic carbocycles. The monoisotopic (exact) mass is 375 g/mol. The van der Waals surface area contributed by atoms with Crippen molar-refractivity contribution in [2.24, 2.45) is 0 Å². The highest BCUT2D eigenvalue weighted by Gasteiger charge is 2.08. The van der Waals surface area contributed by atoms with Gasteiger partial charge in [-0.15, -0.1) is 0 Å². The lowest BCUT2D eigenvalue weighted by atomic mass is 10.2. The van der Waals surface area contributed by atoms with Crippen molar-refractivity contribution in [2.45, 2.75) is 25.7 Å². The Labute approximate surface area is 140 Å². The van der Waals surface area contributed by atoms with Gasteiger partial charge in [0.1, 0.15) is 12.4 Å². The van der Waals surface area contributed by atoms with Crippen LogP contribution in [-0.4, -0.2) is 44.4 Å². The average Bonchev–Trinajstić information content (AvgIpc) is 2.73. The highest BCUT2D eigenvalue weighted by Crippen LogP contribution is 2.27. The molecule has 0 unspecified atom stereocenters. The Hall–Kier alpha value is -0.290. The summed E-state index contributed by atoms with van der Waals surface area (Å²) in [5.41, 5.74) is 0. The fraction of sp³-hybridized carbons (Fsp3) is 0.625. The van der Waals surface area contributed by atoms with Crippen molar-refractivity contribution in [3.05, 3.63) is 27.7 Å². The van der Waals surface area contributed by atoms with E-state index < -0.39 is 0 Å². The molecule has 1 heterocycles. The second kappa shape index (κ2) is 9.67. The van der Waals surface area contributed by atoms with Gasteiger partial charge in [0, 0.05) is 11.0 Å². The quantitative estimate of drug-likeness (QED) is 0.659. The number of hydrogen-bond acceptors (Lipinski definition) is 3. The molecule has 5 heteroatoms. The zero-order valence-corrected chi connectivity index (χ0v) is 14.7. The summed E-state index contributed by atoms with van der Waals surface area (Å²) in [6.45, 7) is 5.36. The van der Waals surface area contributed by atoms with Crippen LogP contribution in [0.15, 0.2) is 22.7 Å². The summed E-state index contributed by atoms with van der Waals surface area (Å²) in [6.07, 6.45) is 5.40. The smallest absolute Gasteiger partial charge is 0.138 e. The Balaban J connectivity index is 1.55. The van der Waals surface area contributed by atoms with Crippen LogP contribution < -0.4 is 4.74 Å². The van der Waals surface area contributed by atoms with Crippen LogP contribution in [0.4, 0.5) is 0 Å². The van der Waals surface area contributed by atoms with Crippen molar-refractivity contribution in [1.82, 2.24) is 4.90 Å². The van der Waals surface area contributed by atoms with Gasteiger partial charge in [-0.2, -0.15) is 0 Å². The molecule has 118 valence electrons. The SMILES string of the molecule is Clc1cc(Br)ccc1OCCOCCN1CCCCCC1. The van der Waals surface area contributed by atoms with Gasteiger partial charge in [-0.1, -0.05) is 40.4 Å². The molecule has 0 aromatic heterocycles. The molecule has 3 nitrogen and oxygen atoms in total. The largest absolute Gasteiger partial charge is 0.490 e. The maximum absolute atomic E-state index is 6.08. The molecule has 1 fully saturated rings. The van der Waals surface area contributed by atoms with Crippen LogP contribution in [0.3, 0.4) is 0 Å². The van der Waals surface area contributed by atoms with Gasteiger partial charge in [-0.05, 0) is 44.1 Å². The molecule has 0 amide bonds. The van der Waals surface area contributed by atoms with E-state index in [1.807, 2.05) is 18.2 Å². The van der Waals surface area contributed by atoms with Crippen molar-refractivity contribution < 1.29 is 9.47 Å². The minimum Gasteiger partial charge on any atom is -0.490 e. The van der Waals surface area contributed by atoms with E-state index in [-0.39, 0.29) is 0 Å². The highest BCUT2D eigenvalue weighted by atomic mass is 79.9. The first-order chi connectivity index (χ1) is 10.3.